The molecular formula is C15H17BrN2O2. The molecule has 0 spiro atoms. The summed E-state index contributed by atoms with van der Waals surface area (Å²) in [5.74, 6) is 0.408. The lowest BCUT2D eigenvalue weighted by Gasteiger charge is -2.25. The van der Waals surface area contributed by atoms with Gasteiger partial charge in [-0.2, -0.15) is 0 Å². The van der Waals surface area contributed by atoms with Crippen molar-refractivity contribution >= 4 is 21.7 Å². The number of carbonyl (C=O) groups excluding carboxylic acids is 1. The standard InChI is InChI=1S/C15H17BrN2O2/c1-15(2,3)13(19)14(18-9-4-5-10-18)20-12-8-6-7-11(16)17-12/h4-10,14H,1-3H3. The van der Waals surface area contributed by atoms with Crippen LogP contribution < -0.4 is 4.74 Å². The van der Waals surface area contributed by atoms with Crippen LogP contribution in [0.15, 0.2) is 47.3 Å². The van der Waals surface area contributed by atoms with Crippen molar-refractivity contribution in [2.45, 2.75) is 27.0 Å². The maximum absolute atomic E-state index is 12.6. The number of halogens is 1. The highest BCUT2D eigenvalue weighted by Gasteiger charge is 2.32. The second kappa shape index (κ2) is 5.79. The molecule has 0 saturated carbocycles. The Morgan fingerprint density at radius 2 is 1.90 bits per heavy atom. The van der Waals surface area contributed by atoms with Gasteiger partial charge in [-0.3, -0.25) is 4.79 Å². The minimum absolute atomic E-state index is 0.00419. The molecule has 5 heteroatoms. The molecule has 1 unspecified atom stereocenters. The summed E-state index contributed by atoms with van der Waals surface area (Å²) in [5.41, 5.74) is -0.499. The fourth-order valence-electron chi connectivity index (χ4n) is 1.69. The molecule has 0 aliphatic rings. The fourth-order valence-corrected chi connectivity index (χ4v) is 2.02. The number of hydrogen-bond acceptors (Lipinski definition) is 3. The number of Topliss-reactive ketones (excluding diaryl/α,β-unsaturated/α-hetero) is 1. The van der Waals surface area contributed by atoms with Crippen LogP contribution in [0.25, 0.3) is 0 Å². The van der Waals surface area contributed by atoms with Crippen LogP contribution in [-0.4, -0.2) is 15.3 Å². The number of ketones is 1. The third-order valence-electron chi connectivity index (χ3n) is 2.78. The van der Waals surface area contributed by atoms with Crippen molar-refractivity contribution in [1.29, 1.82) is 0 Å². The largest absolute Gasteiger partial charge is 0.446 e. The summed E-state index contributed by atoms with van der Waals surface area (Å²) in [6.07, 6.45) is 2.91. The summed E-state index contributed by atoms with van der Waals surface area (Å²) in [4.78, 5) is 16.8. The molecule has 1 atom stereocenters. The van der Waals surface area contributed by atoms with E-state index in [2.05, 4.69) is 20.9 Å². The maximum Gasteiger partial charge on any atom is 0.237 e. The molecule has 0 saturated heterocycles. The summed E-state index contributed by atoms with van der Waals surface area (Å²) in [6, 6.07) is 9.09. The van der Waals surface area contributed by atoms with Crippen LogP contribution >= 0.6 is 15.9 Å². The lowest BCUT2D eigenvalue weighted by molar-refractivity contribution is -0.137. The Balaban J connectivity index is 2.31. The van der Waals surface area contributed by atoms with Gasteiger partial charge in [0, 0.05) is 23.9 Å². The normalized spacial score (nSPS) is 13.0. The number of carbonyl (C=O) groups is 1. The van der Waals surface area contributed by atoms with Crippen molar-refractivity contribution in [1.82, 2.24) is 9.55 Å². The van der Waals surface area contributed by atoms with Crippen molar-refractivity contribution in [2.75, 3.05) is 0 Å². The van der Waals surface area contributed by atoms with Gasteiger partial charge < -0.3 is 9.30 Å². The van der Waals surface area contributed by atoms with Gasteiger partial charge in [0.1, 0.15) is 4.60 Å². The third-order valence-corrected chi connectivity index (χ3v) is 3.23. The van der Waals surface area contributed by atoms with E-state index in [0.29, 0.717) is 10.5 Å². The first-order valence-electron chi connectivity index (χ1n) is 6.34. The highest BCUT2D eigenvalue weighted by molar-refractivity contribution is 9.10. The summed E-state index contributed by atoms with van der Waals surface area (Å²) < 4.78 is 8.22. The molecule has 0 amide bonds. The molecule has 0 aromatic carbocycles. The molecule has 106 valence electrons. The Morgan fingerprint density at radius 3 is 2.45 bits per heavy atom. The Labute approximate surface area is 126 Å². The van der Waals surface area contributed by atoms with Gasteiger partial charge in [0.05, 0.1) is 0 Å². The molecule has 20 heavy (non-hydrogen) atoms. The number of aromatic nitrogens is 2. The Bertz CT molecular complexity index is 588. The topological polar surface area (TPSA) is 44.1 Å². The van der Waals surface area contributed by atoms with Crippen LogP contribution in [0.1, 0.15) is 27.0 Å². The lowest BCUT2D eigenvalue weighted by atomic mass is 9.89. The summed E-state index contributed by atoms with van der Waals surface area (Å²) >= 11 is 3.29. The van der Waals surface area contributed by atoms with E-state index in [4.69, 9.17) is 4.74 Å². The zero-order chi connectivity index (χ0) is 14.8. The second-order valence-electron chi connectivity index (χ2n) is 5.51. The van der Waals surface area contributed by atoms with Gasteiger partial charge in [-0.05, 0) is 34.1 Å². The molecule has 2 aromatic rings. The molecule has 2 heterocycles. The van der Waals surface area contributed by atoms with Gasteiger partial charge in [0.25, 0.3) is 0 Å². The molecule has 2 aromatic heterocycles. The van der Waals surface area contributed by atoms with E-state index in [0.717, 1.165) is 0 Å². The van der Waals surface area contributed by atoms with E-state index in [-0.39, 0.29) is 5.78 Å². The van der Waals surface area contributed by atoms with Crippen molar-refractivity contribution in [3.8, 4) is 5.88 Å². The van der Waals surface area contributed by atoms with E-state index in [1.807, 2.05) is 57.4 Å². The quantitative estimate of drug-likeness (QED) is 0.797. The first-order valence-corrected chi connectivity index (χ1v) is 7.13. The van der Waals surface area contributed by atoms with Crippen LogP contribution in [0.5, 0.6) is 5.88 Å². The summed E-state index contributed by atoms with van der Waals surface area (Å²) in [7, 11) is 0. The average Bonchev–Trinajstić information content (AvgIpc) is 2.87. The fraction of sp³-hybridized carbons (Fsp3) is 0.333. The Morgan fingerprint density at radius 1 is 1.25 bits per heavy atom. The molecule has 4 nitrogen and oxygen atoms in total. The van der Waals surface area contributed by atoms with E-state index >= 15 is 0 Å². The molecule has 0 N–H and O–H groups in total. The van der Waals surface area contributed by atoms with Crippen LogP contribution in [0.2, 0.25) is 0 Å². The Hall–Kier alpha value is -1.62. The number of nitrogens with zero attached hydrogens (tertiary/aromatic N) is 2. The summed E-state index contributed by atoms with van der Waals surface area (Å²) in [6.45, 7) is 5.64. The first-order chi connectivity index (χ1) is 9.38. The second-order valence-corrected chi connectivity index (χ2v) is 6.33. The SMILES string of the molecule is CC(C)(C)C(=O)C(Oc1cccc(Br)n1)n1cccc1. The Kier molecular flexibility index (Phi) is 4.28. The van der Waals surface area contributed by atoms with Crippen LogP contribution in [-0.2, 0) is 4.79 Å². The van der Waals surface area contributed by atoms with E-state index in [9.17, 15) is 4.79 Å². The minimum atomic E-state index is -0.716. The van der Waals surface area contributed by atoms with Crippen LogP contribution in [0, 0.1) is 5.41 Å². The average molecular weight is 337 g/mol. The first kappa shape index (κ1) is 14.8. The van der Waals surface area contributed by atoms with Gasteiger partial charge in [0.15, 0.2) is 5.78 Å². The van der Waals surface area contributed by atoms with Crippen molar-refractivity contribution < 1.29 is 9.53 Å². The number of hydrogen-bond donors (Lipinski definition) is 0. The van der Waals surface area contributed by atoms with E-state index in [1.54, 1.807) is 10.6 Å². The van der Waals surface area contributed by atoms with Gasteiger partial charge in [0.2, 0.25) is 12.1 Å². The molecule has 0 aliphatic heterocycles. The highest BCUT2D eigenvalue weighted by Crippen LogP contribution is 2.26. The predicted molar refractivity (Wildman–Crippen MR) is 80.5 cm³/mol. The van der Waals surface area contributed by atoms with Gasteiger partial charge >= 0.3 is 0 Å². The smallest absolute Gasteiger partial charge is 0.237 e. The minimum Gasteiger partial charge on any atom is -0.446 e. The van der Waals surface area contributed by atoms with Crippen molar-refractivity contribution in [2.24, 2.45) is 5.41 Å². The molecular weight excluding hydrogens is 320 g/mol. The van der Waals surface area contributed by atoms with Crippen LogP contribution in [0.4, 0.5) is 0 Å². The zero-order valence-corrected chi connectivity index (χ0v) is 13.3. The summed E-state index contributed by atoms with van der Waals surface area (Å²) in [5, 5.41) is 0. The maximum atomic E-state index is 12.6. The number of rotatable bonds is 4. The molecule has 2 rings (SSSR count). The molecule has 0 bridgehead atoms. The highest BCUT2D eigenvalue weighted by atomic mass is 79.9. The van der Waals surface area contributed by atoms with Crippen LogP contribution in [0.3, 0.4) is 0 Å². The molecule has 0 fully saturated rings. The number of pyridine rings is 1. The monoisotopic (exact) mass is 336 g/mol. The van der Waals surface area contributed by atoms with Crippen molar-refractivity contribution in [3.63, 3.8) is 0 Å². The van der Waals surface area contributed by atoms with Gasteiger partial charge in [-0.15, -0.1) is 0 Å². The number of ether oxygens (including phenoxy) is 1. The third kappa shape index (κ3) is 3.48. The zero-order valence-electron chi connectivity index (χ0n) is 11.7. The van der Waals surface area contributed by atoms with Gasteiger partial charge in [-0.25, -0.2) is 4.98 Å². The molecule has 0 radical (unpaired) electrons. The van der Waals surface area contributed by atoms with Crippen molar-refractivity contribution in [3.05, 3.63) is 47.3 Å². The van der Waals surface area contributed by atoms with E-state index < -0.39 is 11.6 Å². The molecule has 0 aliphatic carbocycles. The predicted octanol–water partition coefficient (Wildman–Crippen LogP) is 3.84. The lowest BCUT2D eigenvalue weighted by Crippen LogP contribution is -2.33. The van der Waals surface area contributed by atoms with Gasteiger partial charge in [-0.1, -0.05) is 26.8 Å². The van der Waals surface area contributed by atoms with E-state index in [1.165, 1.54) is 0 Å².